The number of aliphatic hydroxyl groups is 2. The molecular weight excluding hydrogens is 192 g/mol. The van der Waals surface area contributed by atoms with Gasteiger partial charge in [0.2, 0.25) is 0 Å². The molecule has 0 aliphatic heterocycles. The Morgan fingerprint density at radius 2 is 2.27 bits per heavy atom. The maximum Gasteiger partial charge on any atom is 0.142 e. The number of carbonyl (C=O) groups is 1. The van der Waals surface area contributed by atoms with Crippen LogP contribution in [0.4, 0.5) is 0 Å². The molecule has 3 heteroatoms. The molecule has 0 aromatic rings. The Labute approximate surface area is 90.1 Å². The Hall–Kier alpha value is -0.930. The summed E-state index contributed by atoms with van der Waals surface area (Å²) in [4.78, 5) is 11.6. The minimum absolute atomic E-state index is 0.0375. The van der Waals surface area contributed by atoms with Gasteiger partial charge in [0.05, 0.1) is 11.5 Å². The molecule has 0 saturated carbocycles. The Morgan fingerprint density at radius 1 is 1.60 bits per heavy atom. The lowest BCUT2D eigenvalue weighted by molar-refractivity contribution is -0.126. The Kier molecular flexibility index (Phi) is 3.83. The summed E-state index contributed by atoms with van der Waals surface area (Å²) in [5.74, 6) is -0.416. The molecule has 0 heterocycles. The van der Waals surface area contributed by atoms with Gasteiger partial charge < -0.3 is 10.2 Å². The number of hydrogen-bond donors (Lipinski definition) is 2. The fourth-order valence-electron chi connectivity index (χ4n) is 1.87. The Bertz CT molecular complexity index is 300. The van der Waals surface area contributed by atoms with Crippen LogP contribution >= 0.6 is 0 Å². The minimum Gasteiger partial charge on any atom is -0.396 e. The van der Waals surface area contributed by atoms with Crippen molar-refractivity contribution < 1.29 is 15.0 Å². The summed E-state index contributed by atoms with van der Waals surface area (Å²) in [7, 11) is 0. The first kappa shape index (κ1) is 12.1. The zero-order valence-electron chi connectivity index (χ0n) is 9.23. The van der Waals surface area contributed by atoms with E-state index < -0.39 is 11.5 Å². The van der Waals surface area contributed by atoms with Gasteiger partial charge in [0.25, 0.3) is 0 Å². The molecule has 0 saturated heterocycles. The zero-order chi connectivity index (χ0) is 11.5. The molecule has 2 N–H and O–H groups in total. The predicted molar refractivity (Wildman–Crippen MR) is 58.3 cm³/mol. The first-order chi connectivity index (χ1) is 7.01. The van der Waals surface area contributed by atoms with Crippen molar-refractivity contribution in [2.24, 2.45) is 5.92 Å². The number of hydrogen-bond acceptors (Lipinski definition) is 3. The van der Waals surface area contributed by atoms with Crippen molar-refractivity contribution in [3.05, 3.63) is 23.8 Å². The summed E-state index contributed by atoms with van der Waals surface area (Å²) in [6, 6.07) is 0. The summed E-state index contributed by atoms with van der Waals surface area (Å²) in [5.41, 5.74) is -0.241. The van der Waals surface area contributed by atoms with E-state index in [0.717, 1.165) is 5.57 Å². The summed E-state index contributed by atoms with van der Waals surface area (Å²) in [6.45, 7) is 3.48. The maximum absolute atomic E-state index is 11.6. The van der Waals surface area contributed by atoms with Crippen LogP contribution in [0, 0.1) is 5.92 Å². The number of ketones is 1. The van der Waals surface area contributed by atoms with E-state index in [2.05, 4.69) is 0 Å². The predicted octanol–water partition coefficient (Wildman–Crippen LogP) is 1.21. The minimum atomic E-state index is -1.12. The molecule has 1 rings (SSSR count). The van der Waals surface area contributed by atoms with Gasteiger partial charge in [-0.3, -0.25) is 4.79 Å². The lowest BCUT2D eigenvalue weighted by Gasteiger charge is -2.30. The van der Waals surface area contributed by atoms with Crippen molar-refractivity contribution in [2.75, 3.05) is 6.61 Å². The molecule has 0 radical (unpaired) electrons. The standard InChI is InChI=1S/C12H18O3/c1-3-11(14)10-5-4-9(6-7-13)8-12(10,2)15/h4-5,8,10,13,15H,3,6-7H2,1-2H3. The fourth-order valence-corrected chi connectivity index (χ4v) is 1.87. The van der Waals surface area contributed by atoms with E-state index in [1.54, 1.807) is 26.0 Å². The van der Waals surface area contributed by atoms with E-state index in [4.69, 9.17) is 5.11 Å². The highest BCUT2D eigenvalue weighted by atomic mass is 16.3. The van der Waals surface area contributed by atoms with Crippen molar-refractivity contribution in [2.45, 2.75) is 32.3 Å². The third-order valence-electron chi connectivity index (χ3n) is 2.71. The van der Waals surface area contributed by atoms with E-state index in [1.807, 2.05) is 6.08 Å². The third kappa shape index (κ3) is 2.76. The molecule has 0 bridgehead atoms. The van der Waals surface area contributed by atoms with Crippen LogP contribution in [-0.2, 0) is 4.79 Å². The maximum atomic E-state index is 11.6. The second kappa shape index (κ2) is 4.73. The van der Waals surface area contributed by atoms with Crippen LogP contribution in [0.1, 0.15) is 26.7 Å². The quantitative estimate of drug-likeness (QED) is 0.733. The smallest absolute Gasteiger partial charge is 0.142 e. The van der Waals surface area contributed by atoms with Gasteiger partial charge in [-0.05, 0) is 25.0 Å². The molecule has 0 aromatic carbocycles. The highest BCUT2D eigenvalue weighted by molar-refractivity contribution is 5.84. The number of rotatable bonds is 4. The molecule has 0 spiro atoms. The van der Waals surface area contributed by atoms with Gasteiger partial charge in [-0.25, -0.2) is 0 Å². The topological polar surface area (TPSA) is 57.5 Å². The van der Waals surface area contributed by atoms with Gasteiger partial charge in [-0.2, -0.15) is 0 Å². The van der Waals surface area contributed by atoms with Crippen LogP contribution in [-0.4, -0.2) is 28.2 Å². The van der Waals surface area contributed by atoms with Gasteiger partial charge in [0, 0.05) is 13.0 Å². The third-order valence-corrected chi connectivity index (χ3v) is 2.71. The van der Waals surface area contributed by atoms with Gasteiger partial charge >= 0.3 is 0 Å². The normalized spacial score (nSPS) is 30.1. The van der Waals surface area contributed by atoms with E-state index in [-0.39, 0.29) is 12.4 Å². The van der Waals surface area contributed by atoms with E-state index in [0.29, 0.717) is 12.8 Å². The van der Waals surface area contributed by atoms with Crippen LogP contribution < -0.4 is 0 Å². The van der Waals surface area contributed by atoms with Crippen molar-refractivity contribution in [3.8, 4) is 0 Å². The SMILES string of the molecule is CCC(=O)C1C=CC(CCO)=CC1(C)O. The van der Waals surface area contributed by atoms with Crippen LogP contribution in [0.15, 0.2) is 23.8 Å². The number of Topliss-reactive ketones (excluding diaryl/α,β-unsaturated/α-hetero) is 1. The average Bonchev–Trinajstić information content (AvgIpc) is 2.16. The molecule has 2 atom stereocenters. The Morgan fingerprint density at radius 3 is 2.73 bits per heavy atom. The first-order valence-corrected chi connectivity index (χ1v) is 5.27. The van der Waals surface area contributed by atoms with Gasteiger partial charge in [0.1, 0.15) is 5.78 Å². The monoisotopic (exact) mass is 210 g/mol. The van der Waals surface area contributed by atoms with Crippen LogP contribution in [0.2, 0.25) is 0 Å². The van der Waals surface area contributed by atoms with E-state index in [1.165, 1.54) is 0 Å². The van der Waals surface area contributed by atoms with Crippen molar-refractivity contribution in [1.29, 1.82) is 0 Å². The number of aliphatic hydroxyl groups excluding tert-OH is 1. The highest BCUT2D eigenvalue weighted by Crippen LogP contribution is 2.29. The van der Waals surface area contributed by atoms with Crippen molar-refractivity contribution in [1.82, 2.24) is 0 Å². The lowest BCUT2D eigenvalue weighted by Crippen LogP contribution is -2.38. The molecule has 2 unspecified atom stereocenters. The van der Waals surface area contributed by atoms with Crippen LogP contribution in [0.25, 0.3) is 0 Å². The van der Waals surface area contributed by atoms with Gasteiger partial charge in [-0.15, -0.1) is 0 Å². The highest BCUT2D eigenvalue weighted by Gasteiger charge is 2.34. The molecule has 1 aliphatic rings. The first-order valence-electron chi connectivity index (χ1n) is 5.27. The summed E-state index contributed by atoms with van der Waals surface area (Å²) >= 11 is 0. The fraction of sp³-hybridized carbons (Fsp3) is 0.583. The molecule has 1 aliphatic carbocycles. The van der Waals surface area contributed by atoms with E-state index in [9.17, 15) is 9.90 Å². The van der Waals surface area contributed by atoms with Gasteiger partial charge in [-0.1, -0.05) is 19.1 Å². The van der Waals surface area contributed by atoms with E-state index >= 15 is 0 Å². The Balaban J connectivity index is 2.85. The zero-order valence-corrected chi connectivity index (χ0v) is 9.23. The van der Waals surface area contributed by atoms with Crippen molar-refractivity contribution >= 4 is 5.78 Å². The van der Waals surface area contributed by atoms with Gasteiger partial charge in [0.15, 0.2) is 0 Å². The number of carbonyl (C=O) groups excluding carboxylic acids is 1. The molecule has 3 nitrogen and oxygen atoms in total. The second-order valence-corrected chi connectivity index (χ2v) is 4.08. The number of allylic oxidation sites excluding steroid dienone is 1. The molecule has 0 aromatic heterocycles. The largest absolute Gasteiger partial charge is 0.396 e. The average molecular weight is 210 g/mol. The summed E-state index contributed by atoms with van der Waals surface area (Å²) in [6.07, 6.45) is 6.15. The second-order valence-electron chi connectivity index (χ2n) is 4.08. The molecule has 0 amide bonds. The molecule has 0 fully saturated rings. The summed E-state index contributed by atoms with van der Waals surface area (Å²) in [5, 5.41) is 18.9. The molecular formula is C12H18O3. The molecule has 84 valence electrons. The van der Waals surface area contributed by atoms with Crippen molar-refractivity contribution in [3.63, 3.8) is 0 Å². The van der Waals surface area contributed by atoms with Crippen LogP contribution in [0.5, 0.6) is 0 Å². The summed E-state index contributed by atoms with van der Waals surface area (Å²) < 4.78 is 0. The molecule has 15 heavy (non-hydrogen) atoms. The van der Waals surface area contributed by atoms with Crippen LogP contribution in [0.3, 0.4) is 0 Å². The lowest BCUT2D eigenvalue weighted by atomic mass is 9.79.